The first-order valence-corrected chi connectivity index (χ1v) is 7.59. The van der Waals surface area contributed by atoms with Crippen LogP contribution in [-0.4, -0.2) is 13.1 Å². The molecular formula is C16H25ClFN. The molecule has 0 saturated carbocycles. The summed E-state index contributed by atoms with van der Waals surface area (Å²) in [7, 11) is 0. The highest BCUT2D eigenvalue weighted by Gasteiger charge is 2.27. The van der Waals surface area contributed by atoms with Crippen molar-refractivity contribution < 1.29 is 4.39 Å². The SMILES string of the molecule is CCCNCC(CC)(CC)Cc1ccc(F)cc1Cl. The van der Waals surface area contributed by atoms with Crippen molar-refractivity contribution in [2.24, 2.45) is 5.41 Å². The van der Waals surface area contributed by atoms with Crippen molar-refractivity contribution >= 4 is 11.6 Å². The van der Waals surface area contributed by atoms with E-state index in [2.05, 4.69) is 26.1 Å². The second kappa shape index (κ2) is 7.86. The average molecular weight is 286 g/mol. The van der Waals surface area contributed by atoms with Crippen molar-refractivity contribution in [1.82, 2.24) is 5.32 Å². The Balaban J connectivity index is 2.81. The van der Waals surface area contributed by atoms with Gasteiger partial charge < -0.3 is 5.32 Å². The molecule has 0 saturated heterocycles. The molecule has 0 heterocycles. The van der Waals surface area contributed by atoms with Gasteiger partial charge in [-0.15, -0.1) is 0 Å². The van der Waals surface area contributed by atoms with E-state index < -0.39 is 0 Å². The molecule has 1 rings (SSSR count). The fourth-order valence-electron chi connectivity index (χ4n) is 2.41. The van der Waals surface area contributed by atoms with Crippen molar-refractivity contribution in [3.8, 4) is 0 Å². The summed E-state index contributed by atoms with van der Waals surface area (Å²) in [5.74, 6) is -0.267. The molecule has 19 heavy (non-hydrogen) atoms. The fraction of sp³-hybridized carbons (Fsp3) is 0.625. The standard InChI is InChI=1S/C16H25ClFN/c1-4-9-19-12-16(5-2,6-3)11-13-7-8-14(18)10-15(13)17/h7-8,10,19H,4-6,9,11-12H2,1-3H3. The van der Waals surface area contributed by atoms with Crippen molar-refractivity contribution in [3.63, 3.8) is 0 Å². The number of rotatable bonds is 8. The Kier molecular flexibility index (Phi) is 6.81. The molecule has 0 aliphatic heterocycles. The van der Waals surface area contributed by atoms with E-state index in [9.17, 15) is 4.39 Å². The minimum Gasteiger partial charge on any atom is -0.316 e. The zero-order valence-corrected chi connectivity index (χ0v) is 13.0. The van der Waals surface area contributed by atoms with Crippen LogP contribution in [0.5, 0.6) is 0 Å². The van der Waals surface area contributed by atoms with E-state index in [1.807, 2.05) is 6.07 Å². The Morgan fingerprint density at radius 1 is 1.21 bits per heavy atom. The molecule has 0 bridgehead atoms. The lowest BCUT2D eigenvalue weighted by Crippen LogP contribution is -2.35. The summed E-state index contributed by atoms with van der Waals surface area (Å²) in [5, 5.41) is 4.06. The monoisotopic (exact) mass is 285 g/mol. The Morgan fingerprint density at radius 2 is 1.89 bits per heavy atom. The van der Waals surface area contributed by atoms with E-state index in [-0.39, 0.29) is 11.2 Å². The average Bonchev–Trinajstić information content (AvgIpc) is 2.41. The van der Waals surface area contributed by atoms with Gasteiger partial charge in [-0.05, 0) is 55.3 Å². The Morgan fingerprint density at radius 3 is 2.42 bits per heavy atom. The quantitative estimate of drug-likeness (QED) is 0.675. The molecule has 0 unspecified atom stereocenters. The maximum absolute atomic E-state index is 13.1. The van der Waals surface area contributed by atoms with Crippen LogP contribution >= 0.6 is 11.6 Å². The number of hydrogen-bond donors (Lipinski definition) is 1. The van der Waals surface area contributed by atoms with Gasteiger partial charge in [0.15, 0.2) is 0 Å². The molecule has 0 fully saturated rings. The van der Waals surface area contributed by atoms with Crippen molar-refractivity contribution in [2.45, 2.75) is 46.5 Å². The van der Waals surface area contributed by atoms with Crippen LogP contribution in [0, 0.1) is 11.2 Å². The molecule has 1 aromatic rings. The zero-order valence-electron chi connectivity index (χ0n) is 12.2. The Bertz CT molecular complexity index is 388. The molecule has 1 aromatic carbocycles. The molecule has 1 nitrogen and oxygen atoms in total. The van der Waals surface area contributed by atoms with Gasteiger partial charge in [-0.3, -0.25) is 0 Å². The number of nitrogens with one attached hydrogen (secondary N) is 1. The summed E-state index contributed by atoms with van der Waals surface area (Å²) in [6.07, 6.45) is 4.22. The van der Waals surface area contributed by atoms with Gasteiger partial charge in [-0.25, -0.2) is 4.39 Å². The first-order valence-electron chi connectivity index (χ1n) is 7.21. The van der Waals surface area contributed by atoms with Crippen LogP contribution in [0.1, 0.15) is 45.6 Å². The van der Waals surface area contributed by atoms with E-state index in [1.165, 1.54) is 12.1 Å². The van der Waals surface area contributed by atoms with Crippen LogP contribution in [-0.2, 0) is 6.42 Å². The summed E-state index contributed by atoms with van der Waals surface area (Å²) in [6.45, 7) is 8.63. The lowest BCUT2D eigenvalue weighted by molar-refractivity contribution is 0.247. The highest BCUT2D eigenvalue weighted by molar-refractivity contribution is 6.31. The number of halogens is 2. The number of hydrogen-bond acceptors (Lipinski definition) is 1. The van der Waals surface area contributed by atoms with E-state index >= 15 is 0 Å². The van der Waals surface area contributed by atoms with Gasteiger partial charge in [0, 0.05) is 11.6 Å². The van der Waals surface area contributed by atoms with Crippen LogP contribution < -0.4 is 5.32 Å². The minimum atomic E-state index is -0.267. The largest absolute Gasteiger partial charge is 0.316 e. The van der Waals surface area contributed by atoms with Crippen LogP contribution in [0.3, 0.4) is 0 Å². The predicted molar refractivity (Wildman–Crippen MR) is 81.3 cm³/mol. The van der Waals surface area contributed by atoms with Crippen LogP contribution in [0.15, 0.2) is 18.2 Å². The second-order valence-corrected chi connectivity index (χ2v) is 5.70. The molecule has 0 aliphatic rings. The van der Waals surface area contributed by atoms with Gasteiger partial charge in [-0.1, -0.05) is 38.4 Å². The predicted octanol–water partition coefficient (Wildman–Crippen LogP) is 4.83. The summed E-state index contributed by atoms with van der Waals surface area (Å²) >= 11 is 6.15. The van der Waals surface area contributed by atoms with Crippen molar-refractivity contribution in [1.29, 1.82) is 0 Å². The third-order valence-corrected chi connectivity index (χ3v) is 4.36. The first kappa shape index (κ1) is 16.5. The topological polar surface area (TPSA) is 12.0 Å². The van der Waals surface area contributed by atoms with Gasteiger partial charge in [0.05, 0.1) is 0 Å². The lowest BCUT2D eigenvalue weighted by atomic mass is 9.77. The minimum absolute atomic E-state index is 0.205. The summed E-state index contributed by atoms with van der Waals surface area (Å²) in [4.78, 5) is 0. The molecule has 1 N–H and O–H groups in total. The van der Waals surface area contributed by atoms with Gasteiger partial charge >= 0.3 is 0 Å². The highest BCUT2D eigenvalue weighted by Crippen LogP contribution is 2.33. The van der Waals surface area contributed by atoms with Crippen LogP contribution in [0.25, 0.3) is 0 Å². The normalized spacial score (nSPS) is 11.8. The van der Waals surface area contributed by atoms with E-state index in [0.717, 1.165) is 44.3 Å². The Hall–Kier alpha value is -0.600. The molecule has 108 valence electrons. The highest BCUT2D eigenvalue weighted by atomic mass is 35.5. The summed E-state index contributed by atoms with van der Waals surface area (Å²) in [5.41, 5.74) is 1.25. The lowest BCUT2D eigenvalue weighted by Gasteiger charge is -2.32. The summed E-state index contributed by atoms with van der Waals surface area (Å²) < 4.78 is 13.1. The fourth-order valence-corrected chi connectivity index (χ4v) is 2.65. The molecule has 0 amide bonds. The van der Waals surface area contributed by atoms with E-state index in [4.69, 9.17) is 11.6 Å². The van der Waals surface area contributed by atoms with Gasteiger partial charge in [0.1, 0.15) is 5.82 Å². The molecule has 0 atom stereocenters. The molecule has 0 spiro atoms. The van der Waals surface area contributed by atoms with Crippen LogP contribution in [0.2, 0.25) is 5.02 Å². The maximum atomic E-state index is 13.1. The Labute approximate surface area is 121 Å². The summed E-state index contributed by atoms with van der Waals surface area (Å²) in [6, 6.07) is 4.72. The zero-order chi connectivity index (χ0) is 14.3. The molecule has 0 aromatic heterocycles. The van der Waals surface area contributed by atoms with Gasteiger partial charge in [0.2, 0.25) is 0 Å². The van der Waals surface area contributed by atoms with Gasteiger partial charge in [0.25, 0.3) is 0 Å². The van der Waals surface area contributed by atoms with E-state index in [0.29, 0.717) is 5.02 Å². The maximum Gasteiger partial charge on any atom is 0.124 e. The smallest absolute Gasteiger partial charge is 0.124 e. The molecule has 0 aliphatic carbocycles. The van der Waals surface area contributed by atoms with Crippen LogP contribution in [0.4, 0.5) is 4.39 Å². The third-order valence-electron chi connectivity index (χ3n) is 4.01. The van der Waals surface area contributed by atoms with E-state index in [1.54, 1.807) is 0 Å². The van der Waals surface area contributed by atoms with Crippen molar-refractivity contribution in [2.75, 3.05) is 13.1 Å². The molecule has 3 heteroatoms. The first-order chi connectivity index (χ1) is 9.06. The second-order valence-electron chi connectivity index (χ2n) is 5.30. The number of benzene rings is 1. The van der Waals surface area contributed by atoms with Crippen molar-refractivity contribution in [3.05, 3.63) is 34.6 Å². The van der Waals surface area contributed by atoms with Gasteiger partial charge in [-0.2, -0.15) is 0 Å². The molecular weight excluding hydrogens is 261 g/mol. The molecule has 0 radical (unpaired) electrons. The third kappa shape index (κ3) is 4.77.